The zero-order valence-corrected chi connectivity index (χ0v) is 47.7. The van der Waals surface area contributed by atoms with Crippen molar-refractivity contribution in [3.63, 3.8) is 0 Å². The lowest BCUT2D eigenvalue weighted by Gasteiger charge is -2.30. The smallest absolute Gasteiger partial charge is 0.306 e. The standard InChI is InChI=1S/C62H107N2O7P/c1-7-10-13-16-19-22-25-28-29-30-31-32-33-34-35-37-39-42-45-48-51-54-61(65)63-59(58-70-72(67,68)69-57-56-64(4,5)6)60(53-50-47-44-41-38-27-24-21-18-15-12-9-3)71-62(66)55-52-49-46-43-40-36-26-23-20-17-14-11-8-2/h10,13,19,22,28-29,31-32,34-36,39-40,42,46,49-50,53,59-60H,7-9,11-12,14-18,20-21,23-27,30,33,37-38,41,43-45,47-48,51-52,54-58H2,1-6H3,(H-,63,65,67,68)/b13-10-,22-19-,29-28-,32-31-,35-34-,40-36-,42-39-,49-46+,53-50-. The lowest BCUT2D eigenvalue weighted by molar-refractivity contribution is -0.870. The van der Waals surface area contributed by atoms with Crippen LogP contribution in [-0.4, -0.2) is 69.4 Å². The lowest BCUT2D eigenvalue weighted by Crippen LogP contribution is -2.47. The Hall–Kier alpha value is -3.33. The number of unbranched alkanes of at least 4 members (excludes halogenated alkanes) is 18. The topological polar surface area (TPSA) is 114 Å². The van der Waals surface area contributed by atoms with Crippen LogP contribution in [0.3, 0.4) is 0 Å². The van der Waals surface area contributed by atoms with Crippen molar-refractivity contribution in [1.29, 1.82) is 0 Å². The minimum Gasteiger partial charge on any atom is -0.756 e. The Labute approximate surface area is 442 Å². The van der Waals surface area contributed by atoms with Crippen LogP contribution >= 0.6 is 7.82 Å². The van der Waals surface area contributed by atoms with E-state index in [9.17, 15) is 19.0 Å². The van der Waals surface area contributed by atoms with Gasteiger partial charge < -0.3 is 28.5 Å². The van der Waals surface area contributed by atoms with Gasteiger partial charge in [0, 0.05) is 12.8 Å². The third-order valence-electron chi connectivity index (χ3n) is 12.0. The van der Waals surface area contributed by atoms with E-state index in [1.54, 1.807) is 6.08 Å². The maximum atomic E-state index is 13.5. The summed E-state index contributed by atoms with van der Waals surface area (Å²) < 4.78 is 30.1. The average Bonchev–Trinajstić information content (AvgIpc) is 3.34. The first-order valence-electron chi connectivity index (χ1n) is 28.7. The molecule has 0 heterocycles. The molecule has 0 spiro atoms. The van der Waals surface area contributed by atoms with Gasteiger partial charge in [-0.2, -0.15) is 0 Å². The Bertz CT molecular complexity index is 1600. The molecule has 0 saturated carbocycles. The molecule has 0 bridgehead atoms. The van der Waals surface area contributed by atoms with Gasteiger partial charge in [-0.3, -0.25) is 14.2 Å². The van der Waals surface area contributed by atoms with E-state index >= 15 is 0 Å². The number of amides is 1. The summed E-state index contributed by atoms with van der Waals surface area (Å²) in [5.74, 6) is -0.679. The van der Waals surface area contributed by atoms with Gasteiger partial charge in [0.15, 0.2) is 0 Å². The number of allylic oxidation sites excluding steroid dienone is 17. The van der Waals surface area contributed by atoms with Gasteiger partial charge in [-0.15, -0.1) is 0 Å². The van der Waals surface area contributed by atoms with E-state index in [-0.39, 0.29) is 25.4 Å². The molecule has 0 aliphatic heterocycles. The summed E-state index contributed by atoms with van der Waals surface area (Å²) in [5.41, 5.74) is 0. The number of quaternary nitrogens is 1. The summed E-state index contributed by atoms with van der Waals surface area (Å²) in [5, 5.41) is 2.97. The number of phosphoric ester groups is 1. The van der Waals surface area contributed by atoms with Crippen LogP contribution in [0.1, 0.15) is 220 Å². The van der Waals surface area contributed by atoms with Crippen LogP contribution in [0, 0.1) is 0 Å². The van der Waals surface area contributed by atoms with Gasteiger partial charge in [0.25, 0.3) is 7.82 Å². The molecule has 0 radical (unpaired) electrons. The van der Waals surface area contributed by atoms with E-state index in [2.05, 4.69) is 117 Å². The van der Waals surface area contributed by atoms with Gasteiger partial charge in [-0.1, -0.05) is 214 Å². The summed E-state index contributed by atoms with van der Waals surface area (Å²) >= 11 is 0. The van der Waals surface area contributed by atoms with E-state index in [0.29, 0.717) is 23.9 Å². The molecule has 72 heavy (non-hydrogen) atoms. The number of nitrogens with one attached hydrogen (secondary N) is 1. The first-order chi connectivity index (χ1) is 34.9. The number of ether oxygens (including phenoxy) is 1. The highest BCUT2D eigenvalue weighted by Gasteiger charge is 2.27. The van der Waals surface area contributed by atoms with E-state index in [1.807, 2.05) is 33.3 Å². The molecule has 0 aliphatic rings. The highest BCUT2D eigenvalue weighted by atomic mass is 31.2. The van der Waals surface area contributed by atoms with Gasteiger partial charge in [0.2, 0.25) is 5.91 Å². The second-order valence-corrected chi connectivity index (χ2v) is 21.5. The fourth-order valence-corrected chi connectivity index (χ4v) is 8.24. The van der Waals surface area contributed by atoms with Crippen molar-refractivity contribution in [2.75, 3.05) is 40.9 Å². The molecule has 1 N–H and O–H groups in total. The minimum atomic E-state index is -4.72. The fraction of sp³-hybridized carbons (Fsp3) is 0.677. The molecule has 3 atom stereocenters. The second-order valence-electron chi connectivity index (χ2n) is 20.1. The SMILES string of the molecule is CC/C=C\C/C=C\C/C=C\C/C=C\C/C=C\C/C=C\CCCCC(=O)NC(COP(=O)([O-])OCC[N+](C)(C)C)C(/C=C\CCCCCCCCCCCC)OC(=O)CC/C=C/C/C=C\CCCCCCCC. The summed E-state index contributed by atoms with van der Waals surface area (Å²) in [4.78, 5) is 39.8. The van der Waals surface area contributed by atoms with Gasteiger partial charge in [0.1, 0.15) is 19.3 Å². The predicted molar refractivity (Wildman–Crippen MR) is 307 cm³/mol. The number of carbonyl (C=O) groups is 2. The van der Waals surface area contributed by atoms with Crippen molar-refractivity contribution in [3.05, 3.63) is 109 Å². The summed E-state index contributed by atoms with van der Waals surface area (Å²) in [6.45, 7) is 6.62. The molecule has 0 rings (SSSR count). The monoisotopic (exact) mass is 1020 g/mol. The van der Waals surface area contributed by atoms with Crippen molar-refractivity contribution >= 4 is 19.7 Å². The van der Waals surface area contributed by atoms with Crippen molar-refractivity contribution in [3.8, 4) is 0 Å². The third-order valence-corrected chi connectivity index (χ3v) is 12.9. The summed E-state index contributed by atoms with van der Waals surface area (Å²) in [6, 6.07) is -0.939. The molecule has 10 heteroatoms. The zero-order valence-electron chi connectivity index (χ0n) is 46.8. The third kappa shape index (κ3) is 51.6. The molecule has 1 amide bonds. The Morgan fingerprint density at radius 2 is 0.903 bits per heavy atom. The van der Waals surface area contributed by atoms with Crippen LogP contribution in [0.4, 0.5) is 0 Å². The average molecular weight is 1020 g/mol. The summed E-state index contributed by atoms with van der Waals surface area (Å²) in [7, 11) is 1.11. The predicted octanol–water partition coefficient (Wildman–Crippen LogP) is 16.7. The van der Waals surface area contributed by atoms with Crippen LogP contribution in [0.2, 0.25) is 0 Å². The Morgan fingerprint density at radius 1 is 0.500 bits per heavy atom. The van der Waals surface area contributed by atoms with Crippen LogP contribution < -0.4 is 10.2 Å². The van der Waals surface area contributed by atoms with E-state index in [4.69, 9.17) is 13.8 Å². The van der Waals surface area contributed by atoms with Gasteiger partial charge in [-0.05, 0) is 102 Å². The van der Waals surface area contributed by atoms with Gasteiger partial charge in [0.05, 0.1) is 33.8 Å². The number of phosphoric acid groups is 1. The quantitative estimate of drug-likeness (QED) is 0.0212. The minimum absolute atomic E-state index is 0.0440. The van der Waals surface area contributed by atoms with Crippen molar-refractivity contribution in [2.45, 2.75) is 232 Å². The number of likely N-dealkylation sites (N-methyl/N-ethyl adjacent to an activating group) is 1. The lowest BCUT2D eigenvalue weighted by atomic mass is 10.1. The molecular formula is C62H107N2O7P. The highest BCUT2D eigenvalue weighted by Crippen LogP contribution is 2.38. The first kappa shape index (κ1) is 68.7. The Balaban J connectivity index is 5.47. The largest absolute Gasteiger partial charge is 0.756 e. The van der Waals surface area contributed by atoms with Crippen molar-refractivity contribution < 1.29 is 37.3 Å². The van der Waals surface area contributed by atoms with Crippen LogP contribution in [0.5, 0.6) is 0 Å². The van der Waals surface area contributed by atoms with Crippen LogP contribution in [-0.2, 0) is 27.9 Å². The Kier molecular flexibility index (Phi) is 48.8. The molecule has 9 nitrogen and oxygen atoms in total. The van der Waals surface area contributed by atoms with Crippen LogP contribution in [0.15, 0.2) is 109 Å². The molecule has 412 valence electrons. The van der Waals surface area contributed by atoms with E-state index in [1.165, 1.54) is 89.9 Å². The van der Waals surface area contributed by atoms with Crippen molar-refractivity contribution in [1.82, 2.24) is 5.32 Å². The second kappa shape index (κ2) is 51.2. The molecule has 0 aromatic carbocycles. The van der Waals surface area contributed by atoms with E-state index in [0.717, 1.165) is 83.5 Å². The molecule has 0 fully saturated rings. The van der Waals surface area contributed by atoms with Gasteiger partial charge >= 0.3 is 5.97 Å². The molecule has 3 unspecified atom stereocenters. The molecular weight excluding hydrogens is 916 g/mol. The molecule has 0 aliphatic carbocycles. The maximum absolute atomic E-state index is 13.5. The van der Waals surface area contributed by atoms with Crippen LogP contribution in [0.25, 0.3) is 0 Å². The Morgan fingerprint density at radius 3 is 1.36 bits per heavy atom. The molecule has 0 aromatic heterocycles. The number of carbonyl (C=O) groups excluding carboxylic acids is 2. The highest BCUT2D eigenvalue weighted by molar-refractivity contribution is 7.45. The molecule has 0 saturated heterocycles. The number of hydrogen-bond acceptors (Lipinski definition) is 7. The zero-order chi connectivity index (χ0) is 52.9. The fourth-order valence-electron chi connectivity index (χ4n) is 7.52. The maximum Gasteiger partial charge on any atom is 0.306 e. The number of esters is 1. The van der Waals surface area contributed by atoms with E-state index < -0.39 is 32.5 Å². The number of hydrogen-bond donors (Lipinski definition) is 1. The van der Waals surface area contributed by atoms with Gasteiger partial charge in [-0.25, -0.2) is 0 Å². The molecule has 0 aromatic rings. The number of rotatable bonds is 50. The number of nitrogens with zero attached hydrogens (tertiary/aromatic N) is 1. The van der Waals surface area contributed by atoms with Crippen molar-refractivity contribution in [2.24, 2.45) is 0 Å². The first-order valence-corrected chi connectivity index (χ1v) is 30.2. The normalized spacial score (nSPS) is 14.6. The summed E-state index contributed by atoms with van der Waals surface area (Å²) in [6.07, 6.45) is 69.3.